The van der Waals surface area contributed by atoms with Crippen LogP contribution in [0, 0.1) is 0 Å². The Balaban J connectivity index is 1.02. The van der Waals surface area contributed by atoms with E-state index in [1.54, 1.807) is 18.5 Å². The average Bonchev–Trinajstić information content (AvgIpc) is 3.52. The molecule has 0 saturated heterocycles. The molecular weight excluding hydrogens is 927 g/mol. The number of aromatic nitrogens is 2. The summed E-state index contributed by atoms with van der Waals surface area (Å²) in [4.78, 5) is 56.1. The molecule has 22 heteroatoms. The number of hydrogen-bond acceptors (Lipinski definition) is 19. The number of benzene rings is 1. The van der Waals surface area contributed by atoms with Gasteiger partial charge in [0.05, 0.1) is 144 Å². The van der Waals surface area contributed by atoms with Gasteiger partial charge in [0.2, 0.25) is 5.91 Å². The lowest BCUT2D eigenvalue weighted by atomic mass is 10.0. The Bertz CT molecular complexity index is 1800. The maximum atomic E-state index is 13.6. The van der Waals surface area contributed by atoms with Gasteiger partial charge in [-0.1, -0.05) is 19.1 Å². The van der Waals surface area contributed by atoms with Crippen molar-refractivity contribution in [2.75, 3.05) is 158 Å². The zero-order chi connectivity index (χ0) is 51.0. The smallest absolute Gasteiger partial charge is 0.407 e. The van der Waals surface area contributed by atoms with Gasteiger partial charge < -0.3 is 68.5 Å². The third-order valence-corrected chi connectivity index (χ3v) is 9.44. The molecule has 2 aromatic rings. The number of fused-ring (bicyclic) bond motifs is 1. The van der Waals surface area contributed by atoms with E-state index in [-0.39, 0.29) is 31.3 Å². The van der Waals surface area contributed by atoms with E-state index >= 15 is 0 Å². The summed E-state index contributed by atoms with van der Waals surface area (Å²) >= 11 is 0. The molecule has 1 aromatic heterocycles. The number of hydrogen-bond donors (Lipinski definition) is 3. The molecule has 0 bridgehead atoms. The number of alkyl carbamates (subject to hydrolysis) is 1. The van der Waals surface area contributed by atoms with Crippen molar-refractivity contribution in [3.8, 4) is 11.1 Å². The molecule has 0 aliphatic carbocycles. The minimum atomic E-state index is -0.524. The van der Waals surface area contributed by atoms with Crippen LogP contribution in [0.15, 0.2) is 47.5 Å². The Morgan fingerprint density at radius 1 is 0.634 bits per heavy atom. The molecule has 0 unspecified atom stereocenters. The predicted octanol–water partition coefficient (Wildman–Crippen LogP) is 3.68. The minimum absolute atomic E-state index is 0.129. The SMILES string of the molecule is CCCN(OCCCC(=O)NCCOCCOCCOCCOCCOCCOCCOCCOCCOCCOCCNC(=O)OC(C)(C)C)C(=O)C1=Cc2ccc(-c3cncnc3)cc2N=C(N)C1. The summed E-state index contributed by atoms with van der Waals surface area (Å²) < 4.78 is 60.1. The molecule has 400 valence electrons. The number of nitrogens with one attached hydrogen (secondary N) is 2. The predicted molar refractivity (Wildman–Crippen MR) is 264 cm³/mol. The molecule has 4 N–H and O–H groups in total. The highest BCUT2D eigenvalue weighted by atomic mass is 16.7. The van der Waals surface area contributed by atoms with E-state index in [0.29, 0.717) is 182 Å². The van der Waals surface area contributed by atoms with Gasteiger partial charge in [0, 0.05) is 61.6 Å². The number of ether oxygens (including phenoxy) is 11. The number of hydroxylamine groups is 2. The number of amides is 3. The van der Waals surface area contributed by atoms with Gasteiger partial charge in [0.25, 0.3) is 5.91 Å². The van der Waals surface area contributed by atoms with Gasteiger partial charge in [-0.2, -0.15) is 0 Å². The number of amidine groups is 1. The van der Waals surface area contributed by atoms with Crippen molar-refractivity contribution in [2.45, 2.75) is 59.0 Å². The summed E-state index contributed by atoms with van der Waals surface area (Å²) in [6.45, 7) is 17.5. The maximum absolute atomic E-state index is 13.6. The molecule has 0 saturated carbocycles. The summed E-state index contributed by atoms with van der Waals surface area (Å²) in [5.74, 6) is -0.0988. The fraction of sp³-hybridized carbons (Fsp3) is 0.673. The summed E-state index contributed by atoms with van der Waals surface area (Å²) in [5, 5.41) is 6.81. The Labute approximate surface area is 418 Å². The molecule has 1 aliphatic heterocycles. The second-order valence-electron chi connectivity index (χ2n) is 16.6. The van der Waals surface area contributed by atoms with Crippen LogP contribution in [0.25, 0.3) is 17.2 Å². The minimum Gasteiger partial charge on any atom is -0.444 e. The molecule has 2 heterocycles. The van der Waals surface area contributed by atoms with Crippen molar-refractivity contribution in [2.24, 2.45) is 10.7 Å². The highest BCUT2D eigenvalue weighted by molar-refractivity contribution is 6.05. The fourth-order valence-corrected chi connectivity index (χ4v) is 6.12. The summed E-state index contributed by atoms with van der Waals surface area (Å²) in [7, 11) is 0. The van der Waals surface area contributed by atoms with Gasteiger partial charge in [0.15, 0.2) is 0 Å². The number of carbonyl (C=O) groups is 3. The highest BCUT2D eigenvalue weighted by Gasteiger charge is 2.23. The third-order valence-electron chi connectivity index (χ3n) is 9.44. The van der Waals surface area contributed by atoms with Crippen molar-refractivity contribution in [3.63, 3.8) is 0 Å². The van der Waals surface area contributed by atoms with Crippen molar-refractivity contribution in [3.05, 3.63) is 48.1 Å². The molecule has 0 spiro atoms. The average molecular weight is 1010 g/mol. The zero-order valence-corrected chi connectivity index (χ0v) is 42.3. The number of carbonyl (C=O) groups excluding carboxylic acids is 3. The van der Waals surface area contributed by atoms with E-state index in [1.807, 2.05) is 45.9 Å². The van der Waals surface area contributed by atoms with Crippen molar-refractivity contribution < 1.29 is 71.3 Å². The van der Waals surface area contributed by atoms with E-state index in [9.17, 15) is 14.4 Å². The quantitative estimate of drug-likeness (QED) is 0.0634. The Morgan fingerprint density at radius 3 is 1.56 bits per heavy atom. The van der Waals surface area contributed by atoms with E-state index in [2.05, 4.69) is 25.6 Å². The zero-order valence-electron chi connectivity index (χ0n) is 42.3. The molecule has 3 rings (SSSR count). The van der Waals surface area contributed by atoms with E-state index in [4.69, 9.17) is 62.7 Å². The van der Waals surface area contributed by atoms with Crippen LogP contribution >= 0.6 is 0 Å². The van der Waals surface area contributed by atoms with Gasteiger partial charge in [-0.15, -0.1) is 0 Å². The first-order valence-corrected chi connectivity index (χ1v) is 24.4. The molecule has 1 aliphatic rings. The van der Waals surface area contributed by atoms with Gasteiger partial charge >= 0.3 is 6.09 Å². The van der Waals surface area contributed by atoms with Crippen molar-refractivity contribution in [1.82, 2.24) is 25.7 Å². The molecule has 0 fully saturated rings. The number of nitrogens with zero attached hydrogens (tertiary/aromatic N) is 4. The van der Waals surface area contributed by atoms with Crippen LogP contribution in [0.2, 0.25) is 0 Å². The molecule has 3 amide bonds. The molecular formula is C49H79N7O15. The van der Waals surface area contributed by atoms with Crippen LogP contribution < -0.4 is 16.4 Å². The first-order chi connectivity index (χ1) is 34.6. The second kappa shape index (κ2) is 38.9. The first kappa shape index (κ1) is 60.6. The van der Waals surface area contributed by atoms with Crippen molar-refractivity contribution in [1.29, 1.82) is 0 Å². The lowest BCUT2D eigenvalue weighted by molar-refractivity contribution is -0.182. The summed E-state index contributed by atoms with van der Waals surface area (Å²) in [5.41, 5.74) is 9.34. The van der Waals surface area contributed by atoms with E-state index in [0.717, 1.165) is 16.7 Å². The van der Waals surface area contributed by atoms with Crippen LogP contribution in [0.4, 0.5) is 10.5 Å². The lowest BCUT2D eigenvalue weighted by Gasteiger charge is -2.22. The Hall–Kier alpha value is -4.72. The highest BCUT2D eigenvalue weighted by Crippen LogP contribution is 2.31. The van der Waals surface area contributed by atoms with Crippen LogP contribution in [0.3, 0.4) is 0 Å². The summed E-state index contributed by atoms with van der Waals surface area (Å²) in [6, 6.07) is 5.72. The topological polar surface area (TPSA) is 253 Å². The van der Waals surface area contributed by atoms with E-state index < -0.39 is 11.7 Å². The first-order valence-electron chi connectivity index (χ1n) is 24.4. The molecule has 0 radical (unpaired) electrons. The third kappa shape index (κ3) is 30.7. The van der Waals surface area contributed by atoms with Crippen molar-refractivity contribution >= 4 is 35.5 Å². The summed E-state index contributed by atoms with van der Waals surface area (Å²) in [6.07, 6.45) is 7.80. The molecule has 0 atom stereocenters. The van der Waals surface area contributed by atoms with Gasteiger partial charge in [0.1, 0.15) is 17.8 Å². The Kier molecular flexibility index (Phi) is 33.2. The Morgan fingerprint density at radius 2 is 1.10 bits per heavy atom. The van der Waals surface area contributed by atoms with Gasteiger partial charge in [-0.3, -0.25) is 14.4 Å². The standard InChI is InChI=1S/C49H79N7O15/c1-5-12-56(47(58)42-34-41-9-8-40(43-37-51-39-52-38-43)35-44(41)55-45(50)36-42)70-13-6-7-46(57)53-10-14-60-16-18-62-20-22-64-24-26-66-28-30-68-32-33-69-31-29-67-27-25-65-23-21-63-19-17-61-15-11-54-48(59)71-49(2,3)4/h8-9,34-35,37-39H,5-7,10-33,36H2,1-4H3,(H2,50,55)(H,53,57)(H,54,59). The van der Waals surface area contributed by atoms with Gasteiger partial charge in [-0.05, 0) is 51.3 Å². The lowest BCUT2D eigenvalue weighted by Crippen LogP contribution is -2.34. The van der Waals surface area contributed by atoms with Crippen LogP contribution in [0.5, 0.6) is 0 Å². The largest absolute Gasteiger partial charge is 0.444 e. The van der Waals surface area contributed by atoms with Crippen LogP contribution in [-0.2, 0) is 66.5 Å². The fourth-order valence-electron chi connectivity index (χ4n) is 6.12. The normalized spacial score (nSPS) is 12.5. The van der Waals surface area contributed by atoms with Crippen LogP contribution in [-0.4, -0.2) is 203 Å². The van der Waals surface area contributed by atoms with Crippen LogP contribution in [0.1, 0.15) is 58.9 Å². The molecule has 71 heavy (non-hydrogen) atoms. The number of rotatable bonds is 42. The number of aliphatic imine (C=N–C) groups is 1. The monoisotopic (exact) mass is 1010 g/mol. The molecule has 22 nitrogen and oxygen atoms in total. The second-order valence-corrected chi connectivity index (χ2v) is 16.6. The molecule has 1 aromatic carbocycles. The number of nitrogens with two attached hydrogens (primary N) is 1. The maximum Gasteiger partial charge on any atom is 0.407 e. The van der Waals surface area contributed by atoms with E-state index in [1.165, 1.54) is 11.4 Å². The van der Waals surface area contributed by atoms with Gasteiger partial charge in [-0.25, -0.2) is 24.8 Å².